The van der Waals surface area contributed by atoms with Crippen molar-refractivity contribution in [2.45, 2.75) is 39.3 Å². The van der Waals surface area contributed by atoms with E-state index in [4.69, 9.17) is 4.74 Å². The molecule has 6 heteroatoms. The molecular weight excluding hydrogens is 330 g/mol. The van der Waals surface area contributed by atoms with Gasteiger partial charge in [-0.05, 0) is 38.0 Å². The molecular formula is C20H23N3O3. The van der Waals surface area contributed by atoms with Gasteiger partial charge in [0.05, 0.1) is 0 Å². The predicted molar refractivity (Wildman–Crippen MR) is 98.9 cm³/mol. The maximum Gasteiger partial charge on any atom is 0.282 e. The van der Waals surface area contributed by atoms with Crippen molar-refractivity contribution in [2.75, 3.05) is 11.4 Å². The molecule has 2 amide bonds. The number of hydrogen-bond donors (Lipinski definition) is 1. The first kappa shape index (κ1) is 17.9. The van der Waals surface area contributed by atoms with E-state index in [9.17, 15) is 9.59 Å². The number of fused-ring (bicyclic) bond motifs is 1. The van der Waals surface area contributed by atoms with E-state index in [1.807, 2.05) is 38.1 Å². The molecule has 0 fully saturated rings. The zero-order valence-corrected chi connectivity index (χ0v) is 15.3. The van der Waals surface area contributed by atoms with Crippen LogP contribution in [0, 0.1) is 6.92 Å². The molecule has 1 aromatic heterocycles. The average Bonchev–Trinajstić information content (AvgIpc) is 2.64. The molecule has 0 radical (unpaired) electrons. The second-order valence-electron chi connectivity index (χ2n) is 6.59. The van der Waals surface area contributed by atoms with Crippen LogP contribution in [-0.2, 0) is 16.1 Å². The Morgan fingerprint density at radius 3 is 2.69 bits per heavy atom. The molecule has 2 heterocycles. The van der Waals surface area contributed by atoms with E-state index < -0.39 is 17.4 Å². The number of aryl methyl sites for hydroxylation is 1. The molecule has 1 atom stereocenters. The standard InChI is InChI=1S/C20H23N3O3/c1-4-12-23-17-16(6-5-11-21-17)26-20(3,19(23)25)18(24)22-13-15-9-7-14(2)8-10-15/h5-11H,4,12-13H2,1-3H3,(H,22,24)/t20-/m1/s1. The van der Waals surface area contributed by atoms with Gasteiger partial charge in [0.25, 0.3) is 17.4 Å². The molecule has 0 saturated carbocycles. The Morgan fingerprint density at radius 2 is 2.00 bits per heavy atom. The van der Waals surface area contributed by atoms with Gasteiger partial charge in [0.2, 0.25) is 0 Å². The van der Waals surface area contributed by atoms with Crippen molar-refractivity contribution < 1.29 is 14.3 Å². The highest BCUT2D eigenvalue weighted by Gasteiger charge is 2.50. The van der Waals surface area contributed by atoms with E-state index in [1.165, 1.54) is 11.8 Å². The molecule has 0 saturated heterocycles. The highest BCUT2D eigenvalue weighted by atomic mass is 16.5. The molecule has 0 spiro atoms. The van der Waals surface area contributed by atoms with Crippen molar-refractivity contribution in [1.29, 1.82) is 0 Å². The number of nitrogens with one attached hydrogen (secondary N) is 1. The molecule has 0 unspecified atom stereocenters. The largest absolute Gasteiger partial charge is 0.464 e. The molecule has 1 aromatic carbocycles. The fourth-order valence-electron chi connectivity index (χ4n) is 2.91. The number of pyridine rings is 1. The van der Waals surface area contributed by atoms with Crippen LogP contribution < -0.4 is 15.0 Å². The quantitative estimate of drug-likeness (QED) is 0.839. The minimum atomic E-state index is -1.62. The van der Waals surface area contributed by atoms with Crippen molar-refractivity contribution in [3.8, 4) is 5.75 Å². The fraction of sp³-hybridized carbons (Fsp3) is 0.350. The van der Waals surface area contributed by atoms with Crippen LogP contribution in [-0.4, -0.2) is 28.9 Å². The highest BCUT2D eigenvalue weighted by Crippen LogP contribution is 2.36. The van der Waals surface area contributed by atoms with Gasteiger partial charge >= 0.3 is 0 Å². The molecule has 2 aromatic rings. The number of aromatic nitrogens is 1. The number of ether oxygens (including phenoxy) is 1. The number of nitrogens with zero attached hydrogens (tertiary/aromatic N) is 2. The normalized spacial score (nSPS) is 18.9. The molecule has 26 heavy (non-hydrogen) atoms. The van der Waals surface area contributed by atoms with Crippen molar-refractivity contribution in [3.63, 3.8) is 0 Å². The van der Waals surface area contributed by atoms with Crippen LogP contribution in [0.1, 0.15) is 31.4 Å². The Balaban J connectivity index is 1.82. The topological polar surface area (TPSA) is 71.5 Å². The summed E-state index contributed by atoms with van der Waals surface area (Å²) in [6.07, 6.45) is 2.36. The van der Waals surface area contributed by atoms with Gasteiger partial charge in [0.1, 0.15) is 0 Å². The smallest absolute Gasteiger partial charge is 0.282 e. The van der Waals surface area contributed by atoms with Gasteiger partial charge in [-0.3, -0.25) is 14.5 Å². The Labute approximate surface area is 153 Å². The summed E-state index contributed by atoms with van der Waals surface area (Å²) in [5, 5.41) is 2.82. The van der Waals surface area contributed by atoms with Crippen molar-refractivity contribution in [2.24, 2.45) is 0 Å². The van der Waals surface area contributed by atoms with Crippen LogP contribution in [0.5, 0.6) is 5.75 Å². The summed E-state index contributed by atoms with van der Waals surface area (Å²) < 4.78 is 5.81. The zero-order valence-electron chi connectivity index (χ0n) is 15.3. The molecule has 0 aliphatic carbocycles. The van der Waals surface area contributed by atoms with Gasteiger partial charge in [-0.15, -0.1) is 0 Å². The molecule has 1 aliphatic heterocycles. The van der Waals surface area contributed by atoms with Gasteiger partial charge in [0, 0.05) is 19.3 Å². The maximum absolute atomic E-state index is 13.0. The van der Waals surface area contributed by atoms with Crippen LogP contribution in [0.4, 0.5) is 5.82 Å². The van der Waals surface area contributed by atoms with Crippen molar-refractivity contribution >= 4 is 17.6 Å². The summed E-state index contributed by atoms with van der Waals surface area (Å²) in [5.74, 6) is 0.0438. The van der Waals surface area contributed by atoms with E-state index >= 15 is 0 Å². The van der Waals surface area contributed by atoms with Gasteiger partial charge < -0.3 is 10.1 Å². The number of rotatable bonds is 5. The minimum Gasteiger partial charge on any atom is -0.464 e. The first-order valence-electron chi connectivity index (χ1n) is 8.75. The Morgan fingerprint density at radius 1 is 1.27 bits per heavy atom. The lowest BCUT2D eigenvalue weighted by molar-refractivity contribution is -0.148. The first-order chi connectivity index (χ1) is 12.5. The van der Waals surface area contributed by atoms with Crippen LogP contribution in [0.3, 0.4) is 0 Å². The first-order valence-corrected chi connectivity index (χ1v) is 8.75. The van der Waals surface area contributed by atoms with Crippen LogP contribution >= 0.6 is 0 Å². The summed E-state index contributed by atoms with van der Waals surface area (Å²) in [7, 11) is 0. The minimum absolute atomic E-state index is 0.332. The molecule has 6 nitrogen and oxygen atoms in total. The van der Waals surface area contributed by atoms with E-state index in [-0.39, 0.29) is 0 Å². The number of benzene rings is 1. The van der Waals surface area contributed by atoms with Crippen LogP contribution in [0.25, 0.3) is 0 Å². The molecule has 3 rings (SSSR count). The van der Waals surface area contributed by atoms with Crippen molar-refractivity contribution in [1.82, 2.24) is 10.3 Å². The van der Waals surface area contributed by atoms with E-state index in [0.717, 1.165) is 17.5 Å². The van der Waals surface area contributed by atoms with Gasteiger partial charge in [-0.25, -0.2) is 4.98 Å². The SMILES string of the molecule is CCCN1C(=O)[C@@](C)(C(=O)NCc2ccc(C)cc2)Oc2cccnc21. The summed E-state index contributed by atoms with van der Waals surface area (Å²) >= 11 is 0. The highest BCUT2D eigenvalue weighted by molar-refractivity contribution is 6.16. The molecule has 1 aliphatic rings. The fourth-order valence-corrected chi connectivity index (χ4v) is 2.91. The van der Waals surface area contributed by atoms with Crippen molar-refractivity contribution in [3.05, 3.63) is 53.7 Å². The molecule has 136 valence electrons. The van der Waals surface area contributed by atoms with Crippen LogP contribution in [0.15, 0.2) is 42.6 Å². The number of amides is 2. The Hall–Kier alpha value is -2.89. The summed E-state index contributed by atoms with van der Waals surface area (Å²) in [4.78, 5) is 31.6. The second kappa shape index (κ2) is 7.15. The van der Waals surface area contributed by atoms with E-state index in [2.05, 4.69) is 10.3 Å². The lowest BCUT2D eigenvalue weighted by Gasteiger charge is -2.38. The predicted octanol–water partition coefficient (Wildman–Crippen LogP) is 2.60. The third-order valence-corrected chi connectivity index (χ3v) is 4.43. The Kier molecular flexibility index (Phi) is 4.93. The summed E-state index contributed by atoms with van der Waals surface area (Å²) in [6, 6.07) is 11.3. The lowest BCUT2D eigenvalue weighted by Crippen LogP contribution is -2.62. The third kappa shape index (κ3) is 3.27. The van der Waals surface area contributed by atoms with E-state index in [1.54, 1.807) is 18.3 Å². The monoisotopic (exact) mass is 353 g/mol. The Bertz CT molecular complexity index is 819. The number of hydrogen-bond acceptors (Lipinski definition) is 4. The van der Waals surface area contributed by atoms with Gasteiger partial charge in [-0.2, -0.15) is 0 Å². The maximum atomic E-state index is 13.0. The number of carbonyl (C=O) groups excluding carboxylic acids is 2. The third-order valence-electron chi connectivity index (χ3n) is 4.43. The van der Waals surface area contributed by atoms with Gasteiger partial charge in [0.15, 0.2) is 11.6 Å². The average molecular weight is 353 g/mol. The lowest BCUT2D eigenvalue weighted by atomic mass is 10.0. The van der Waals surface area contributed by atoms with E-state index in [0.29, 0.717) is 24.7 Å². The van der Waals surface area contributed by atoms with Crippen LogP contribution in [0.2, 0.25) is 0 Å². The summed E-state index contributed by atoms with van der Waals surface area (Å²) in [5.41, 5.74) is 0.496. The number of carbonyl (C=O) groups is 2. The second-order valence-corrected chi connectivity index (χ2v) is 6.59. The molecule has 1 N–H and O–H groups in total. The summed E-state index contributed by atoms with van der Waals surface area (Å²) in [6.45, 7) is 6.30. The number of anilines is 1. The van der Waals surface area contributed by atoms with Gasteiger partial charge in [-0.1, -0.05) is 36.8 Å². The molecule has 0 bridgehead atoms. The zero-order chi connectivity index (χ0) is 18.7.